The quantitative estimate of drug-likeness (QED) is 0.479. The highest BCUT2D eigenvalue weighted by molar-refractivity contribution is 5.65. The van der Waals surface area contributed by atoms with Crippen molar-refractivity contribution >= 4 is 11.4 Å². The number of anilines is 1. The van der Waals surface area contributed by atoms with Gasteiger partial charge in [-0.1, -0.05) is 12.1 Å². The Morgan fingerprint density at radius 3 is 2.57 bits per heavy atom. The Morgan fingerprint density at radius 2 is 2.10 bits per heavy atom. The zero-order valence-corrected chi connectivity index (χ0v) is 11.1. The van der Waals surface area contributed by atoms with Crippen LogP contribution < -0.4 is 11.3 Å². The summed E-state index contributed by atoms with van der Waals surface area (Å²) in [5, 5.41) is 10.9. The Kier molecular flexibility index (Phi) is 4.33. The van der Waals surface area contributed by atoms with Crippen molar-refractivity contribution < 1.29 is 18.1 Å². The molecule has 1 aromatic rings. The molecule has 0 aromatic heterocycles. The lowest BCUT2D eigenvalue weighted by Gasteiger charge is -2.24. The molecule has 2 rings (SSSR count). The van der Waals surface area contributed by atoms with E-state index in [2.05, 4.69) is 5.43 Å². The van der Waals surface area contributed by atoms with Gasteiger partial charge in [0.25, 0.3) is 5.69 Å². The van der Waals surface area contributed by atoms with E-state index in [1.165, 1.54) is 23.1 Å². The maximum Gasteiger partial charge on any atom is 0.401 e. The first-order chi connectivity index (χ1) is 9.81. The normalized spacial score (nSPS) is 15.3. The summed E-state index contributed by atoms with van der Waals surface area (Å²) in [4.78, 5) is 11.6. The van der Waals surface area contributed by atoms with Crippen LogP contribution in [-0.4, -0.2) is 28.6 Å². The first-order valence-corrected chi connectivity index (χ1v) is 6.35. The van der Waals surface area contributed by atoms with Crippen molar-refractivity contribution in [3.8, 4) is 0 Å². The molecule has 1 aliphatic rings. The van der Waals surface area contributed by atoms with E-state index in [4.69, 9.17) is 5.84 Å². The first-order valence-electron chi connectivity index (χ1n) is 6.35. The van der Waals surface area contributed by atoms with Crippen LogP contribution in [0.5, 0.6) is 0 Å². The third-order valence-corrected chi connectivity index (χ3v) is 3.29. The van der Waals surface area contributed by atoms with Crippen LogP contribution in [0.2, 0.25) is 0 Å². The van der Waals surface area contributed by atoms with Crippen molar-refractivity contribution in [2.75, 3.05) is 12.0 Å². The largest absolute Gasteiger partial charge is 0.401 e. The monoisotopic (exact) mass is 304 g/mol. The second kappa shape index (κ2) is 5.86. The average Bonchev–Trinajstić information content (AvgIpc) is 3.20. The van der Waals surface area contributed by atoms with Crippen LogP contribution in [0.4, 0.5) is 24.5 Å². The van der Waals surface area contributed by atoms with Crippen LogP contribution in [0.1, 0.15) is 18.4 Å². The number of alkyl halides is 3. The Bertz CT molecular complexity index is 532. The number of halogens is 3. The van der Waals surface area contributed by atoms with Crippen LogP contribution in [-0.2, 0) is 6.54 Å². The number of benzene rings is 1. The second-order valence-electron chi connectivity index (χ2n) is 4.96. The topological polar surface area (TPSA) is 84.4 Å². The number of nitrogens with zero attached hydrogens (tertiary/aromatic N) is 2. The van der Waals surface area contributed by atoms with Crippen LogP contribution in [0.25, 0.3) is 0 Å². The van der Waals surface area contributed by atoms with Gasteiger partial charge in [-0.25, -0.2) is 0 Å². The van der Waals surface area contributed by atoms with Gasteiger partial charge in [0.15, 0.2) is 0 Å². The predicted octanol–water partition coefficient (Wildman–Crippen LogP) is 2.41. The molecule has 1 aromatic carbocycles. The van der Waals surface area contributed by atoms with Crippen LogP contribution in [0.3, 0.4) is 0 Å². The Balaban J connectivity index is 2.24. The fraction of sp³-hybridized carbons (Fsp3) is 0.500. The summed E-state index contributed by atoms with van der Waals surface area (Å²) in [5.41, 5.74) is 2.40. The summed E-state index contributed by atoms with van der Waals surface area (Å²) in [5.74, 6) is 5.29. The third kappa shape index (κ3) is 4.05. The summed E-state index contributed by atoms with van der Waals surface area (Å²) < 4.78 is 37.8. The third-order valence-electron chi connectivity index (χ3n) is 3.29. The van der Waals surface area contributed by atoms with Gasteiger partial charge < -0.3 is 5.43 Å². The molecule has 0 radical (unpaired) electrons. The number of hydrogen-bond donors (Lipinski definition) is 2. The molecule has 116 valence electrons. The molecule has 6 nitrogen and oxygen atoms in total. The first kappa shape index (κ1) is 15.5. The number of hydrazine groups is 1. The van der Waals surface area contributed by atoms with E-state index in [1.807, 2.05) is 0 Å². The molecular weight excluding hydrogens is 289 g/mol. The molecule has 1 fully saturated rings. The van der Waals surface area contributed by atoms with Crippen LogP contribution in [0.15, 0.2) is 18.2 Å². The van der Waals surface area contributed by atoms with Gasteiger partial charge in [0, 0.05) is 18.7 Å². The minimum absolute atomic E-state index is 0.0363. The fourth-order valence-corrected chi connectivity index (χ4v) is 2.24. The number of nitrogens with two attached hydrogens (primary N) is 1. The SMILES string of the molecule is NNc1c(CN(CC(F)(F)F)C2CC2)cccc1[N+](=O)[O-]. The number of nitrogen functional groups attached to an aromatic ring is 1. The molecule has 0 saturated heterocycles. The number of nitro benzene ring substituents is 1. The van der Waals surface area contributed by atoms with E-state index in [-0.39, 0.29) is 24.0 Å². The molecule has 1 saturated carbocycles. The minimum Gasteiger partial charge on any atom is -0.318 e. The van der Waals surface area contributed by atoms with Gasteiger partial charge >= 0.3 is 6.18 Å². The summed E-state index contributed by atoms with van der Waals surface area (Å²) >= 11 is 0. The minimum atomic E-state index is -4.31. The lowest BCUT2D eigenvalue weighted by molar-refractivity contribution is -0.384. The van der Waals surface area contributed by atoms with Gasteiger partial charge in [0.1, 0.15) is 5.69 Å². The molecule has 0 atom stereocenters. The molecular formula is C12H15F3N4O2. The lowest BCUT2D eigenvalue weighted by Crippen LogP contribution is -2.35. The van der Waals surface area contributed by atoms with Gasteiger partial charge in [0.05, 0.1) is 11.5 Å². The van der Waals surface area contributed by atoms with E-state index in [0.717, 1.165) is 0 Å². The van der Waals surface area contributed by atoms with Crippen molar-refractivity contribution in [2.24, 2.45) is 5.84 Å². The zero-order chi connectivity index (χ0) is 15.6. The molecule has 9 heteroatoms. The van der Waals surface area contributed by atoms with E-state index in [0.29, 0.717) is 18.4 Å². The average molecular weight is 304 g/mol. The lowest BCUT2D eigenvalue weighted by atomic mass is 10.1. The summed E-state index contributed by atoms with van der Waals surface area (Å²) in [7, 11) is 0. The van der Waals surface area contributed by atoms with E-state index in [9.17, 15) is 23.3 Å². The van der Waals surface area contributed by atoms with Crippen LogP contribution >= 0.6 is 0 Å². The number of nitrogens with one attached hydrogen (secondary N) is 1. The molecule has 21 heavy (non-hydrogen) atoms. The molecule has 0 heterocycles. The summed E-state index contributed by atoms with van der Waals surface area (Å²) in [6, 6.07) is 4.10. The summed E-state index contributed by atoms with van der Waals surface area (Å²) in [6.07, 6.45) is -2.90. The molecule has 0 bridgehead atoms. The highest BCUT2D eigenvalue weighted by Gasteiger charge is 2.38. The van der Waals surface area contributed by atoms with E-state index >= 15 is 0 Å². The standard InChI is InChI=1S/C12H15F3N4O2/c13-12(14,15)7-18(9-4-5-9)6-8-2-1-3-10(19(20)21)11(8)17-16/h1-3,9,17H,4-7,16H2. The van der Waals surface area contributed by atoms with Gasteiger partial charge in [0.2, 0.25) is 0 Å². The van der Waals surface area contributed by atoms with Crippen molar-refractivity contribution in [1.82, 2.24) is 4.90 Å². The van der Waals surface area contributed by atoms with Crippen molar-refractivity contribution in [3.05, 3.63) is 33.9 Å². The smallest absolute Gasteiger partial charge is 0.318 e. The number of rotatable bonds is 6. The summed E-state index contributed by atoms with van der Waals surface area (Å²) in [6.45, 7) is -1.07. The Hall–Kier alpha value is -1.87. The van der Waals surface area contributed by atoms with Crippen molar-refractivity contribution in [1.29, 1.82) is 0 Å². The highest BCUT2D eigenvalue weighted by Crippen LogP contribution is 2.34. The van der Waals surface area contributed by atoms with Crippen LogP contribution in [0, 0.1) is 10.1 Å². The van der Waals surface area contributed by atoms with E-state index < -0.39 is 17.6 Å². The Morgan fingerprint density at radius 1 is 1.43 bits per heavy atom. The van der Waals surface area contributed by atoms with Gasteiger partial charge in [-0.2, -0.15) is 13.2 Å². The molecule has 3 N–H and O–H groups in total. The second-order valence-corrected chi connectivity index (χ2v) is 4.96. The molecule has 0 unspecified atom stereocenters. The number of para-hydroxylation sites is 1. The van der Waals surface area contributed by atoms with Crippen molar-refractivity contribution in [2.45, 2.75) is 31.6 Å². The van der Waals surface area contributed by atoms with Crippen molar-refractivity contribution in [3.63, 3.8) is 0 Å². The molecule has 1 aliphatic carbocycles. The van der Waals surface area contributed by atoms with Gasteiger partial charge in [-0.05, 0) is 18.4 Å². The highest BCUT2D eigenvalue weighted by atomic mass is 19.4. The number of hydrogen-bond acceptors (Lipinski definition) is 5. The Labute approximate surface area is 118 Å². The maximum atomic E-state index is 12.6. The number of nitro groups is 1. The molecule has 0 amide bonds. The molecule has 0 aliphatic heterocycles. The fourth-order valence-electron chi connectivity index (χ4n) is 2.24. The van der Waals surface area contributed by atoms with E-state index in [1.54, 1.807) is 0 Å². The van der Waals surface area contributed by atoms with Gasteiger partial charge in [-0.3, -0.25) is 20.9 Å². The molecule has 0 spiro atoms. The zero-order valence-electron chi connectivity index (χ0n) is 11.1. The predicted molar refractivity (Wildman–Crippen MR) is 70.4 cm³/mol. The van der Waals surface area contributed by atoms with Gasteiger partial charge in [-0.15, -0.1) is 0 Å². The maximum absolute atomic E-state index is 12.6.